The Bertz CT molecular complexity index is 780. The number of halogens is 1. The molecule has 0 atom stereocenters. The minimum absolute atomic E-state index is 0.290. The molecular weight excluding hydrogens is 281 g/mol. The van der Waals surface area contributed by atoms with Crippen LogP contribution in [0.3, 0.4) is 0 Å². The van der Waals surface area contributed by atoms with E-state index >= 15 is 0 Å². The zero-order chi connectivity index (χ0) is 15.5. The van der Waals surface area contributed by atoms with Crippen LogP contribution in [0.1, 0.15) is 12.6 Å². The SMILES string of the molecule is CCOc1ccc(-c2nc3ccc(F)cn3c2CCN)cc1. The van der Waals surface area contributed by atoms with Crippen molar-refractivity contribution in [1.29, 1.82) is 0 Å². The minimum Gasteiger partial charge on any atom is -0.494 e. The van der Waals surface area contributed by atoms with Crippen molar-refractivity contribution < 1.29 is 9.13 Å². The summed E-state index contributed by atoms with van der Waals surface area (Å²) >= 11 is 0. The van der Waals surface area contributed by atoms with E-state index in [1.807, 2.05) is 31.2 Å². The van der Waals surface area contributed by atoms with Crippen LogP contribution in [-0.2, 0) is 6.42 Å². The number of hydrogen-bond donors (Lipinski definition) is 1. The van der Waals surface area contributed by atoms with E-state index in [-0.39, 0.29) is 5.82 Å². The number of fused-ring (bicyclic) bond motifs is 1. The molecule has 0 bridgehead atoms. The Morgan fingerprint density at radius 3 is 2.64 bits per heavy atom. The van der Waals surface area contributed by atoms with Gasteiger partial charge in [0, 0.05) is 18.2 Å². The van der Waals surface area contributed by atoms with Gasteiger partial charge in [0.05, 0.1) is 18.0 Å². The summed E-state index contributed by atoms with van der Waals surface area (Å²) in [4.78, 5) is 4.62. The van der Waals surface area contributed by atoms with Gasteiger partial charge in [0.25, 0.3) is 0 Å². The molecule has 2 heterocycles. The van der Waals surface area contributed by atoms with Crippen LogP contribution in [0.25, 0.3) is 16.9 Å². The van der Waals surface area contributed by atoms with Gasteiger partial charge in [0.1, 0.15) is 17.2 Å². The molecular formula is C17H18FN3O. The predicted octanol–water partition coefficient (Wildman–Crippen LogP) is 3.04. The van der Waals surface area contributed by atoms with Crippen molar-refractivity contribution in [2.45, 2.75) is 13.3 Å². The highest BCUT2D eigenvalue weighted by Gasteiger charge is 2.14. The second-order valence-electron chi connectivity index (χ2n) is 4.98. The van der Waals surface area contributed by atoms with Crippen LogP contribution >= 0.6 is 0 Å². The molecule has 0 aliphatic heterocycles. The summed E-state index contributed by atoms with van der Waals surface area (Å²) in [6.07, 6.45) is 2.08. The largest absolute Gasteiger partial charge is 0.494 e. The third kappa shape index (κ3) is 2.67. The first-order chi connectivity index (χ1) is 10.7. The van der Waals surface area contributed by atoms with Crippen LogP contribution < -0.4 is 10.5 Å². The number of rotatable bonds is 5. The van der Waals surface area contributed by atoms with Crippen LogP contribution in [0.4, 0.5) is 4.39 Å². The van der Waals surface area contributed by atoms with Gasteiger partial charge in [-0.05, 0) is 49.9 Å². The second-order valence-corrected chi connectivity index (χ2v) is 4.98. The molecule has 1 aromatic carbocycles. The molecule has 0 amide bonds. The lowest BCUT2D eigenvalue weighted by atomic mass is 10.1. The molecule has 22 heavy (non-hydrogen) atoms. The number of aromatic nitrogens is 2. The summed E-state index contributed by atoms with van der Waals surface area (Å²) in [5, 5.41) is 0. The molecule has 0 spiro atoms. The summed E-state index contributed by atoms with van der Waals surface area (Å²) in [5.41, 5.74) is 9.14. The maximum atomic E-state index is 13.5. The highest BCUT2D eigenvalue weighted by atomic mass is 19.1. The van der Waals surface area contributed by atoms with Crippen LogP contribution in [0.2, 0.25) is 0 Å². The topological polar surface area (TPSA) is 52.5 Å². The average molecular weight is 299 g/mol. The fourth-order valence-corrected chi connectivity index (χ4v) is 2.55. The van der Waals surface area contributed by atoms with Crippen molar-refractivity contribution in [3.63, 3.8) is 0 Å². The molecule has 5 heteroatoms. The number of pyridine rings is 1. The summed E-state index contributed by atoms with van der Waals surface area (Å²) in [6, 6.07) is 10.8. The highest BCUT2D eigenvalue weighted by molar-refractivity contribution is 5.67. The van der Waals surface area contributed by atoms with Crippen molar-refractivity contribution >= 4 is 5.65 Å². The first kappa shape index (κ1) is 14.5. The fraction of sp³-hybridized carbons (Fsp3) is 0.235. The van der Waals surface area contributed by atoms with E-state index in [2.05, 4.69) is 4.98 Å². The van der Waals surface area contributed by atoms with Crippen molar-refractivity contribution in [1.82, 2.24) is 9.38 Å². The molecule has 114 valence electrons. The minimum atomic E-state index is -0.290. The molecule has 3 rings (SSSR count). The van der Waals surface area contributed by atoms with Gasteiger partial charge >= 0.3 is 0 Å². The lowest BCUT2D eigenvalue weighted by Crippen LogP contribution is -2.06. The van der Waals surface area contributed by atoms with Gasteiger partial charge in [-0.1, -0.05) is 0 Å². The molecule has 2 aromatic heterocycles. The molecule has 4 nitrogen and oxygen atoms in total. The maximum absolute atomic E-state index is 13.5. The van der Waals surface area contributed by atoms with Crippen molar-refractivity contribution in [2.75, 3.05) is 13.2 Å². The van der Waals surface area contributed by atoms with E-state index in [1.165, 1.54) is 12.3 Å². The summed E-state index contributed by atoms with van der Waals surface area (Å²) in [5.74, 6) is 0.530. The lowest BCUT2D eigenvalue weighted by Gasteiger charge is -2.06. The van der Waals surface area contributed by atoms with Crippen LogP contribution in [-0.4, -0.2) is 22.5 Å². The zero-order valence-electron chi connectivity index (χ0n) is 12.4. The molecule has 3 aromatic rings. The zero-order valence-corrected chi connectivity index (χ0v) is 12.4. The quantitative estimate of drug-likeness (QED) is 0.788. The number of nitrogens with zero attached hydrogens (tertiary/aromatic N) is 2. The number of benzene rings is 1. The molecule has 0 unspecified atom stereocenters. The standard InChI is InChI=1S/C17H18FN3O/c1-2-22-14-6-3-12(4-7-14)17-15(9-10-19)21-11-13(18)5-8-16(21)20-17/h3-8,11H,2,9-10,19H2,1H3. The number of imidazole rings is 1. The van der Waals surface area contributed by atoms with Crippen molar-refractivity contribution in [2.24, 2.45) is 5.73 Å². The average Bonchev–Trinajstić information content (AvgIpc) is 2.87. The molecule has 0 saturated carbocycles. The number of ether oxygens (including phenoxy) is 1. The third-order valence-corrected chi connectivity index (χ3v) is 3.50. The summed E-state index contributed by atoms with van der Waals surface area (Å²) in [7, 11) is 0. The molecule has 0 aliphatic rings. The Kier molecular flexibility index (Phi) is 4.06. The highest BCUT2D eigenvalue weighted by Crippen LogP contribution is 2.27. The number of hydrogen-bond acceptors (Lipinski definition) is 3. The van der Waals surface area contributed by atoms with E-state index in [0.717, 1.165) is 22.7 Å². The number of nitrogens with two attached hydrogens (primary N) is 1. The van der Waals surface area contributed by atoms with Gasteiger partial charge in [-0.2, -0.15) is 0 Å². The van der Waals surface area contributed by atoms with E-state index in [4.69, 9.17) is 10.5 Å². The Balaban J connectivity index is 2.10. The Hall–Kier alpha value is -2.40. The van der Waals surface area contributed by atoms with Gasteiger partial charge in [-0.25, -0.2) is 9.37 Å². The Labute approximate surface area is 128 Å². The predicted molar refractivity (Wildman–Crippen MR) is 84.5 cm³/mol. The first-order valence-electron chi connectivity index (χ1n) is 7.32. The van der Waals surface area contributed by atoms with E-state index in [0.29, 0.717) is 25.2 Å². The van der Waals surface area contributed by atoms with Gasteiger partial charge in [-0.15, -0.1) is 0 Å². The molecule has 0 aliphatic carbocycles. The first-order valence-corrected chi connectivity index (χ1v) is 7.32. The Morgan fingerprint density at radius 1 is 1.18 bits per heavy atom. The molecule has 0 fully saturated rings. The van der Waals surface area contributed by atoms with Gasteiger partial charge < -0.3 is 14.9 Å². The fourth-order valence-electron chi connectivity index (χ4n) is 2.55. The molecule has 0 radical (unpaired) electrons. The molecule has 2 N–H and O–H groups in total. The van der Waals surface area contributed by atoms with E-state index < -0.39 is 0 Å². The lowest BCUT2D eigenvalue weighted by molar-refractivity contribution is 0.340. The van der Waals surface area contributed by atoms with Gasteiger partial charge in [-0.3, -0.25) is 0 Å². The van der Waals surface area contributed by atoms with Crippen molar-refractivity contribution in [3.8, 4) is 17.0 Å². The normalized spacial score (nSPS) is 11.0. The van der Waals surface area contributed by atoms with Gasteiger partial charge in [0.15, 0.2) is 0 Å². The summed E-state index contributed by atoms with van der Waals surface area (Å²) < 4.78 is 20.7. The monoisotopic (exact) mass is 299 g/mol. The molecule has 0 saturated heterocycles. The Morgan fingerprint density at radius 2 is 1.95 bits per heavy atom. The van der Waals surface area contributed by atoms with Crippen LogP contribution in [0.5, 0.6) is 5.75 Å². The van der Waals surface area contributed by atoms with Crippen LogP contribution in [0.15, 0.2) is 42.6 Å². The van der Waals surface area contributed by atoms with E-state index in [1.54, 1.807) is 10.5 Å². The maximum Gasteiger partial charge on any atom is 0.139 e. The third-order valence-electron chi connectivity index (χ3n) is 3.50. The van der Waals surface area contributed by atoms with Gasteiger partial charge in [0.2, 0.25) is 0 Å². The second kappa shape index (κ2) is 6.15. The van der Waals surface area contributed by atoms with E-state index in [9.17, 15) is 4.39 Å². The smallest absolute Gasteiger partial charge is 0.139 e. The van der Waals surface area contributed by atoms with Crippen LogP contribution in [0, 0.1) is 5.82 Å². The van der Waals surface area contributed by atoms with Crippen molar-refractivity contribution in [3.05, 3.63) is 54.1 Å². The summed E-state index contributed by atoms with van der Waals surface area (Å²) in [6.45, 7) is 3.06.